The summed E-state index contributed by atoms with van der Waals surface area (Å²) in [5.41, 5.74) is 2.68. The van der Waals surface area contributed by atoms with Crippen molar-refractivity contribution in [1.82, 2.24) is 5.32 Å². The van der Waals surface area contributed by atoms with E-state index in [4.69, 9.17) is 0 Å². The van der Waals surface area contributed by atoms with Crippen molar-refractivity contribution in [3.05, 3.63) is 28.2 Å². The van der Waals surface area contributed by atoms with E-state index in [1.165, 1.54) is 41.4 Å². The zero-order chi connectivity index (χ0) is 15.7. The summed E-state index contributed by atoms with van der Waals surface area (Å²) in [6.45, 7) is 12.2. The first-order valence-corrected chi connectivity index (χ1v) is 9.19. The highest BCUT2D eigenvalue weighted by molar-refractivity contribution is 9.10. The van der Waals surface area contributed by atoms with Gasteiger partial charge in [-0.15, -0.1) is 0 Å². The predicted octanol–water partition coefficient (Wildman–Crippen LogP) is 5.35. The van der Waals surface area contributed by atoms with E-state index in [2.05, 4.69) is 72.0 Å². The van der Waals surface area contributed by atoms with Crippen LogP contribution in [0.5, 0.6) is 0 Å². The van der Waals surface area contributed by atoms with E-state index < -0.39 is 0 Å². The summed E-state index contributed by atoms with van der Waals surface area (Å²) >= 11 is 3.74. The van der Waals surface area contributed by atoms with E-state index >= 15 is 0 Å². The Morgan fingerprint density at radius 3 is 2.52 bits per heavy atom. The van der Waals surface area contributed by atoms with Crippen LogP contribution in [0.3, 0.4) is 0 Å². The molecule has 0 heterocycles. The van der Waals surface area contributed by atoms with Crippen molar-refractivity contribution in [2.45, 2.75) is 66.0 Å². The molecular formula is C18H31BrN2. The van der Waals surface area contributed by atoms with Crippen LogP contribution in [0.15, 0.2) is 22.7 Å². The molecule has 120 valence electrons. The second kappa shape index (κ2) is 10.2. The molecule has 21 heavy (non-hydrogen) atoms. The van der Waals surface area contributed by atoms with E-state index in [0.717, 1.165) is 19.6 Å². The fourth-order valence-corrected chi connectivity index (χ4v) is 2.92. The Balaban J connectivity index is 2.82. The molecule has 3 heteroatoms. The molecular weight excluding hydrogens is 324 g/mol. The molecule has 1 rings (SSSR count). The monoisotopic (exact) mass is 354 g/mol. The Hall–Kier alpha value is -0.540. The molecule has 1 unspecified atom stereocenters. The number of hydrogen-bond donors (Lipinski definition) is 1. The van der Waals surface area contributed by atoms with Crippen LogP contribution in [0.2, 0.25) is 0 Å². The van der Waals surface area contributed by atoms with Crippen molar-refractivity contribution >= 4 is 21.6 Å². The SMILES string of the molecule is CCCCN(c1ccc(CNCCC)c(Br)c1)C(C)CC. The fourth-order valence-electron chi connectivity index (χ4n) is 2.41. The quantitative estimate of drug-likeness (QED) is 0.569. The lowest BCUT2D eigenvalue weighted by molar-refractivity contribution is 0.595. The lowest BCUT2D eigenvalue weighted by Gasteiger charge is -2.31. The van der Waals surface area contributed by atoms with Gasteiger partial charge >= 0.3 is 0 Å². The highest BCUT2D eigenvalue weighted by atomic mass is 79.9. The van der Waals surface area contributed by atoms with Crippen LogP contribution >= 0.6 is 15.9 Å². The van der Waals surface area contributed by atoms with Gasteiger partial charge in [0.15, 0.2) is 0 Å². The van der Waals surface area contributed by atoms with Gasteiger partial charge in [-0.2, -0.15) is 0 Å². The molecule has 0 amide bonds. The summed E-state index contributed by atoms with van der Waals surface area (Å²) in [6, 6.07) is 7.40. The number of nitrogens with one attached hydrogen (secondary N) is 1. The highest BCUT2D eigenvalue weighted by Crippen LogP contribution is 2.26. The van der Waals surface area contributed by atoms with E-state index in [1.807, 2.05) is 0 Å². The second-order valence-electron chi connectivity index (χ2n) is 5.76. The van der Waals surface area contributed by atoms with Crippen LogP contribution in [-0.2, 0) is 6.54 Å². The van der Waals surface area contributed by atoms with Crippen LogP contribution in [0.1, 0.15) is 58.9 Å². The van der Waals surface area contributed by atoms with Gasteiger partial charge in [0.1, 0.15) is 0 Å². The zero-order valence-corrected chi connectivity index (χ0v) is 15.7. The summed E-state index contributed by atoms with van der Waals surface area (Å²) in [7, 11) is 0. The normalized spacial score (nSPS) is 12.4. The molecule has 0 spiro atoms. The van der Waals surface area contributed by atoms with E-state index in [9.17, 15) is 0 Å². The third-order valence-electron chi connectivity index (χ3n) is 3.99. The summed E-state index contributed by atoms with van der Waals surface area (Å²) in [5, 5.41) is 3.47. The van der Waals surface area contributed by atoms with Crippen molar-refractivity contribution < 1.29 is 0 Å². The maximum Gasteiger partial charge on any atom is 0.0380 e. The number of nitrogens with zero attached hydrogens (tertiary/aromatic N) is 1. The average Bonchev–Trinajstić information content (AvgIpc) is 2.49. The summed E-state index contributed by atoms with van der Waals surface area (Å²) in [5.74, 6) is 0. The van der Waals surface area contributed by atoms with Crippen molar-refractivity contribution in [2.24, 2.45) is 0 Å². The van der Waals surface area contributed by atoms with Crippen molar-refractivity contribution in [3.8, 4) is 0 Å². The predicted molar refractivity (Wildman–Crippen MR) is 98.1 cm³/mol. The molecule has 0 aliphatic heterocycles. The summed E-state index contributed by atoms with van der Waals surface area (Å²) in [6.07, 6.45) is 4.85. The minimum absolute atomic E-state index is 0.590. The maximum absolute atomic E-state index is 3.74. The van der Waals surface area contributed by atoms with Crippen LogP contribution in [0.25, 0.3) is 0 Å². The second-order valence-corrected chi connectivity index (χ2v) is 6.61. The Morgan fingerprint density at radius 2 is 1.95 bits per heavy atom. The molecule has 1 atom stereocenters. The first-order valence-electron chi connectivity index (χ1n) is 8.39. The summed E-state index contributed by atoms with van der Waals surface area (Å²) < 4.78 is 1.22. The van der Waals surface area contributed by atoms with E-state index in [-0.39, 0.29) is 0 Å². The molecule has 0 fully saturated rings. The number of anilines is 1. The van der Waals surface area contributed by atoms with Gasteiger partial charge in [-0.05, 0) is 50.4 Å². The smallest absolute Gasteiger partial charge is 0.0380 e. The first-order chi connectivity index (χ1) is 10.1. The summed E-state index contributed by atoms with van der Waals surface area (Å²) in [4.78, 5) is 2.54. The molecule has 0 aliphatic rings. The Kier molecular flexibility index (Phi) is 9.02. The van der Waals surface area contributed by atoms with Crippen LogP contribution in [0.4, 0.5) is 5.69 Å². The Bertz CT molecular complexity index is 406. The molecule has 0 aliphatic carbocycles. The standard InChI is InChI=1S/C18H31BrN2/c1-5-8-12-21(15(4)7-3)17-10-9-16(18(19)13-17)14-20-11-6-2/h9-10,13,15,20H,5-8,11-12,14H2,1-4H3. The number of benzene rings is 1. The number of hydrogen-bond acceptors (Lipinski definition) is 2. The van der Waals surface area contributed by atoms with Gasteiger partial charge < -0.3 is 10.2 Å². The number of unbranched alkanes of at least 4 members (excludes halogenated alkanes) is 1. The van der Waals surface area contributed by atoms with Gasteiger partial charge in [0, 0.05) is 29.3 Å². The number of halogens is 1. The van der Waals surface area contributed by atoms with Gasteiger partial charge in [0.25, 0.3) is 0 Å². The third-order valence-corrected chi connectivity index (χ3v) is 4.72. The molecule has 1 N–H and O–H groups in total. The highest BCUT2D eigenvalue weighted by Gasteiger charge is 2.13. The lowest BCUT2D eigenvalue weighted by Crippen LogP contribution is -2.33. The fraction of sp³-hybridized carbons (Fsp3) is 0.667. The van der Waals surface area contributed by atoms with E-state index in [0.29, 0.717) is 6.04 Å². The first kappa shape index (κ1) is 18.5. The molecule has 0 radical (unpaired) electrons. The van der Waals surface area contributed by atoms with Gasteiger partial charge in [0.2, 0.25) is 0 Å². The molecule has 1 aromatic carbocycles. The molecule has 1 aromatic rings. The largest absolute Gasteiger partial charge is 0.369 e. The average molecular weight is 355 g/mol. The minimum Gasteiger partial charge on any atom is -0.369 e. The van der Waals surface area contributed by atoms with Crippen LogP contribution in [-0.4, -0.2) is 19.1 Å². The van der Waals surface area contributed by atoms with E-state index in [1.54, 1.807) is 0 Å². The lowest BCUT2D eigenvalue weighted by atomic mass is 10.1. The molecule has 0 bridgehead atoms. The molecule has 0 saturated heterocycles. The molecule has 2 nitrogen and oxygen atoms in total. The van der Waals surface area contributed by atoms with Crippen molar-refractivity contribution in [1.29, 1.82) is 0 Å². The molecule has 0 saturated carbocycles. The van der Waals surface area contributed by atoms with Gasteiger partial charge in [-0.25, -0.2) is 0 Å². The van der Waals surface area contributed by atoms with Crippen molar-refractivity contribution in [2.75, 3.05) is 18.0 Å². The zero-order valence-electron chi connectivity index (χ0n) is 14.1. The topological polar surface area (TPSA) is 15.3 Å². The van der Waals surface area contributed by atoms with Gasteiger partial charge in [-0.1, -0.05) is 49.2 Å². The minimum atomic E-state index is 0.590. The molecule has 0 aromatic heterocycles. The Morgan fingerprint density at radius 1 is 1.19 bits per heavy atom. The van der Waals surface area contributed by atoms with Crippen LogP contribution in [0, 0.1) is 0 Å². The Labute approximate surface area is 139 Å². The van der Waals surface area contributed by atoms with Crippen LogP contribution < -0.4 is 10.2 Å². The third kappa shape index (κ3) is 5.99. The number of rotatable bonds is 10. The van der Waals surface area contributed by atoms with Crippen molar-refractivity contribution in [3.63, 3.8) is 0 Å². The van der Waals surface area contributed by atoms with Gasteiger partial charge in [0.05, 0.1) is 0 Å². The maximum atomic E-state index is 3.74. The van der Waals surface area contributed by atoms with Gasteiger partial charge in [-0.3, -0.25) is 0 Å².